The van der Waals surface area contributed by atoms with Gasteiger partial charge >= 0.3 is 0 Å². The molecule has 2 aromatic rings. The molecule has 2 rings (SSSR count). The van der Waals surface area contributed by atoms with Crippen LogP contribution in [0, 0.1) is 22.7 Å². The van der Waals surface area contributed by atoms with Crippen LogP contribution in [0.1, 0.15) is 11.1 Å². The highest BCUT2D eigenvalue weighted by atomic mass is 79.9. The Morgan fingerprint density at radius 1 is 1.14 bits per heavy atom. The second-order valence-corrected chi connectivity index (χ2v) is 5.11. The van der Waals surface area contributed by atoms with Gasteiger partial charge in [-0.25, -0.2) is 0 Å². The fraction of sp³-hybridized carbons (Fsp3) is 0. The molecule has 66 valence electrons. The van der Waals surface area contributed by atoms with Gasteiger partial charge in [0.25, 0.3) is 0 Å². The number of halogens is 1. The summed E-state index contributed by atoms with van der Waals surface area (Å²) in [5.41, 5.74) is 1.23. The van der Waals surface area contributed by atoms with Gasteiger partial charge in [0.1, 0.15) is 6.07 Å². The van der Waals surface area contributed by atoms with Crippen LogP contribution in [0.15, 0.2) is 22.0 Å². The van der Waals surface area contributed by atoms with Gasteiger partial charge in [0, 0.05) is 5.39 Å². The molecular formula is C10H3BrN2S. The van der Waals surface area contributed by atoms with E-state index in [0.717, 1.165) is 13.9 Å². The molecule has 0 unspecified atom stereocenters. The smallest absolute Gasteiger partial charge is 0.101 e. The van der Waals surface area contributed by atoms with Crippen LogP contribution in [0.4, 0.5) is 0 Å². The molecule has 0 N–H and O–H groups in total. The number of thiophene rings is 1. The first-order valence-electron chi connectivity index (χ1n) is 3.78. The zero-order valence-corrected chi connectivity index (χ0v) is 9.32. The Morgan fingerprint density at radius 2 is 1.79 bits per heavy atom. The van der Waals surface area contributed by atoms with Crippen molar-refractivity contribution in [3.63, 3.8) is 0 Å². The number of hydrogen-bond donors (Lipinski definition) is 0. The van der Waals surface area contributed by atoms with Crippen LogP contribution >= 0.6 is 27.3 Å². The fourth-order valence-electron chi connectivity index (χ4n) is 1.28. The van der Waals surface area contributed by atoms with Gasteiger partial charge in [-0.05, 0) is 34.1 Å². The molecule has 0 spiro atoms. The van der Waals surface area contributed by atoms with Gasteiger partial charge < -0.3 is 0 Å². The first-order valence-corrected chi connectivity index (χ1v) is 5.39. The Balaban J connectivity index is 2.95. The minimum atomic E-state index is 0.612. The van der Waals surface area contributed by atoms with Crippen LogP contribution in [-0.2, 0) is 0 Å². The van der Waals surface area contributed by atoms with E-state index in [1.807, 2.05) is 6.07 Å². The monoisotopic (exact) mass is 262 g/mol. The maximum Gasteiger partial charge on any atom is 0.101 e. The standard InChI is InChI=1S/C10H3BrN2S/c11-9-3-8-6(4-12)1-2-7(5-13)10(8)14-9/h1-3H. The number of fused-ring (bicyclic) bond motifs is 1. The molecule has 1 aromatic heterocycles. The van der Waals surface area contributed by atoms with Gasteiger partial charge in [0.15, 0.2) is 0 Å². The summed E-state index contributed by atoms with van der Waals surface area (Å²) >= 11 is 4.83. The van der Waals surface area contributed by atoms with Gasteiger partial charge in [0.2, 0.25) is 0 Å². The Bertz CT molecular complexity index is 535. The van der Waals surface area contributed by atoms with E-state index in [2.05, 4.69) is 28.1 Å². The Hall–Kier alpha value is -1.36. The number of nitrogens with zero attached hydrogens (tertiary/aromatic N) is 2. The predicted octanol–water partition coefficient (Wildman–Crippen LogP) is 3.41. The van der Waals surface area contributed by atoms with Crippen LogP contribution in [0.5, 0.6) is 0 Å². The van der Waals surface area contributed by atoms with Crippen LogP contribution in [0.2, 0.25) is 0 Å². The third kappa shape index (κ3) is 1.29. The second kappa shape index (κ2) is 3.42. The summed E-state index contributed by atoms with van der Waals surface area (Å²) in [5, 5.41) is 18.6. The summed E-state index contributed by atoms with van der Waals surface area (Å²) in [4.78, 5) is 0. The molecule has 1 heterocycles. The summed E-state index contributed by atoms with van der Waals surface area (Å²) in [6.45, 7) is 0. The van der Waals surface area contributed by atoms with Crippen molar-refractivity contribution in [3.05, 3.63) is 33.1 Å². The highest BCUT2D eigenvalue weighted by Crippen LogP contribution is 2.33. The number of nitriles is 2. The van der Waals surface area contributed by atoms with Gasteiger partial charge in [-0.3, -0.25) is 0 Å². The lowest BCUT2D eigenvalue weighted by Gasteiger charge is -1.93. The molecule has 0 saturated carbocycles. The molecule has 2 nitrogen and oxygen atoms in total. The van der Waals surface area contributed by atoms with Crippen molar-refractivity contribution < 1.29 is 0 Å². The van der Waals surface area contributed by atoms with Gasteiger partial charge in [-0.2, -0.15) is 10.5 Å². The van der Waals surface area contributed by atoms with E-state index in [0.29, 0.717) is 11.1 Å². The number of benzene rings is 1. The van der Waals surface area contributed by atoms with Crippen LogP contribution in [-0.4, -0.2) is 0 Å². The maximum atomic E-state index is 8.87. The van der Waals surface area contributed by atoms with E-state index in [1.165, 1.54) is 11.3 Å². The average molecular weight is 263 g/mol. The summed E-state index contributed by atoms with van der Waals surface area (Å²) in [7, 11) is 0. The van der Waals surface area contributed by atoms with Crippen molar-refractivity contribution in [2.45, 2.75) is 0 Å². The van der Waals surface area contributed by atoms with Gasteiger partial charge in [-0.15, -0.1) is 11.3 Å². The van der Waals surface area contributed by atoms with Gasteiger partial charge in [0.05, 0.1) is 25.7 Å². The summed E-state index contributed by atoms with van der Waals surface area (Å²) in [6, 6.07) is 9.47. The van der Waals surface area contributed by atoms with Crippen molar-refractivity contribution in [2.24, 2.45) is 0 Å². The van der Waals surface area contributed by atoms with Crippen molar-refractivity contribution in [3.8, 4) is 12.1 Å². The molecule has 0 fully saturated rings. The molecule has 0 radical (unpaired) electrons. The van der Waals surface area contributed by atoms with E-state index < -0.39 is 0 Å². The molecule has 0 aliphatic carbocycles. The van der Waals surface area contributed by atoms with Crippen molar-refractivity contribution >= 4 is 37.4 Å². The van der Waals surface area contributed by atoms with E-state index >= 15 is 0 Å². The predicted molar refractivity (Wildman–Crippen MR) is 59.0 cm³/mol. The molecule has 1 aromatic carbocycles. The lowest BCUT2D eigenvalue weighted by Crippen LogP contribution is -1.78. The van der Waals surface area contributed by atoms with Crippen LogP contribution in [0.3, 0.4) is 0 Å². The SMILES string of the molecule is N#Cc1ccc(C#N)c2sc(Br)cc12. The summed E-state index contributed by atoms with van der Waals surface area (Å²) in [5.74, 6) is 0. The third-order valence-corrected chi connectivity index (χ3v) is 3.57. The second-order valence-electron chi connectivity index (χ2n) is 2.68. The molecule has 0 amide bonds. The average Bonchev–Trinajstić information content (AvgIpc) is 2.57. The van der Waals surface area contributed by atoms with Crippen molar-refractivity contribution in [1.29, 1.82) is 10.5 Å². The van der Waals surface area contributed by atoms with Gasteiger partial charge in [-0.1, -0.05) is 0 Å². The molecule has 14 heavy (non-hydrogen) atoms. The fourth-order valence-corrected chi connectivity index (χ4v) is 2.87. The molecule has 0 aliphatic heterocycles. The highest BCUT2D eigenvalue weighted by Gasteiger charge is 2.08. The maximum absolute atomic E-state index is 8.87. The first-order chi connectivity index (χ1) is 6.76. The minimum absolute atomic E-state index is 0.612. The van der Waals surface area contributed by atoms with E-state index in [9.17, 15) is 0 Å². The largest absolute Gasteiger partial charge is 0.192 e. The van der Waals surface area contributed by atoms with E-state index in [1.54, 1.807) is 12.1 Å². The molecule has 4 heteroatoms. The molecule has 0 saturated heterocycles. The topological polar surface area (TPSA) is 47.6 Å². The quantitative estimate of drug-likeness (QED) is 0.731. The molecule has 0 atom stereocenters. The Labute approximate surface area is 93.1 Å². The summed E-state index contributed by atoms with van der Waals surface area (Å²) < 4.78 is 1.81. The lowest BCUT2D eigenvalue weighted by atomic mass is 10.1. The van der Waals surface area contributed by atoms with Crippen LogP contribution in [0.25, 0.3) is 10.1 Å². The van der Waals surface area contributed by atoms with E-state index in [4.69, 9.17) is 10.5 Å². The Kier molecular flexibility index (Phi) is 2.25. The zero-order chi connectivity index (χ0) is 10.1. The third-order valence-electron chi connectivity index (χ3n) is 1.89. The normalized spacial score (nSPS) is 9.64. The highest BCUT2D eigenvalue weighted by molar-refractivity contribution is 9.11. The first kappa shape index (κ1) is 9.21. The summed E-state index contributed by atoms with van der Waals surface area (Å²) in [6.07, 6.45) is 0. The number of rotatable bonds is 0. The van der Waals surface area contributed by atoms with Crippen molar-refractivity contribution in [2.75, 3.05) is 0 Å². The lowest BCUT2D eigenvalue weighted by molar-refractivity contribution is 1.49. The molecule has 0 bridgehead atoms. The van der Waals surface area contributed by atoms with Crippen LogP contribution < -0.4 is 0 Å². The number of hydrogen-bond acceptors (Lipinski definition) is 3. The molecular weight excluding hydrogens is 260 g/mol. The zero-order valence-electron chi connectivity index (χ0n) is 6.91. The van der Waals surface area contributed by atoms with Crippen molar-refractivity contribution in [1.82, 2.24) is 0 Å². The minimum Gasteiger partial charge on any atom is -0.192 e. The van der Waals surface area contributed by atoms with E-state index in [-0.39, 0.29) is 0 Å². The molecule has 0 aliphatic rings. The Morgan fingerprint density at radius 3 is 2.43 bits per heavy atom.